The van der Waals surface area contributed by atoms with Gasteiger partial charge in [0.25, 0.3) is 0 Å². The Labute approximate surface area is 164 Å². The van der Waals surface area contributed by atoms with Crippen LogP contribution in [0.4, 0.5) is 0 Å². The Balaban J connectivity index is 1.71. The fourth-order valence-electron chi connectivity index (χ4n) is 2.99. The minimum atomic E-state index is -0.813. The van der Waals surface area contributed by atoms with E-state index in [-0.39, 0.29) is 5.37 Å². The van der Waals surface area contributed by atoms with E-state index in [0.29, 0.717) is 18.3 Å². The molecule has 2 atom stereocenters. The average Bonchev–Trinajstić information content (AvgIpc) is 3.17. The summed E-state index contributed by atoms with van der Waals surface area (Å²) in [5.41, 5.74) is 3.24. The number of aliphatic carboxylic acids is 1. The number of methoxy groups -OCH3 is 1. The van der Waals surface area contributed by atoms with Gasteiger partial charge in [0.05, 0.1) is 12.5 Å². The van der Waals surface area contributed by atoms with Crippen molar-refractivity contribution in [1.82, 2.24) is 5.32 Å². The molecule has 0 amide bonds. The summed E-state index contributed by atoms with van der Waals surface area (Å²) < 4.78 is 11.4. The highest BCUT2D eigenvalue weighted by Gasteiger charge is 2.30. The van der Waals surface area contributed by atoms with Gasteiger partial charge in [-0.25, -0.2) is 0 Å². The molecule has 0 radical (unpaired) electrons. The molecule has 5 nitrogen and oxygen atoms in total. The molecule has 6 heteroatoms. The fraction of sp³-hybridized carbons (Fsp3) is 0.381. The van der Waals surface area contributed by atoms with Crippen molar-refractivity contribution in [3.8, 4) is 11.5 Å². The molecule has 0 saturated carbocycles. The van der Waals surface area contributed by atoms with E-state index in [4.69, 9.17) is 14.6 Å². The Bertz CT molecular complexity index is 791. The molecule has 1 saturated heterocycles. The van der Waals surface area contributed by atoms with Crippen molar-refractivity contribution in [1.29, 1.82) is 0 Å². The number of carboxylic acid groups (broad SMARTS) is 1. The number of carbonyl (C=O) groups is 1. The van der Waals surface area contributed by atoms with E-state index in [1.165, 1.54) is 5.56 Å². The highest BCUT2D eigenvalue weighted by atomic mass is 32.2. The fourth-order valence-corrected chi connectivity index (χ4v) is 4.21. The van der Waals surface area contributed by atoms with Gasteiger partial charge in [-0.05, 0) is 41.3 Å². The molecule has 2 N–H and O–H groups in total. The van der Waals surface area contributed by atoms with E-state index < -0.39 is 12.0 Å². The summed E-state index contributed by atoms with van der Waals surface area (Å²) >= 11 is 1.60. The standard InChI is InChI=1S/C21H25NO4S/c1-13(2)14-4-7-17(8-5-14)26-11-16-10-15(6-9-19(16)25-3)20-22-18(12-27-20)21(23)24/h4-10,13,18,20,22H,11-12H2,1-3H3,(H,23,24). The Hall–Kier alpha value is -2.18. The molecule has 0 aliphatic carbocycles. The van der Waals surface area contributed by atoms with Gasteiger partial charge in [-0.15, -0.1) is 11.8 Å². The quantitative estimate of drug-likeness (QED) is 0.743. The predicted molar refractivity (Wildman–Crippen MR) is 108 cm³/mol. The zero-order chi connectivity index (χ0) is 19.4. The number of rotatable bonds is 7. The number of nitrogens with one attached hydrogen (secondary N) is 1. The van der Waals surface area contributed by atoms with Gasteiger partial charge in [-0.1, -0.05) is 32.0 Å². The largest absolute Gasteiger partial charge is 0.496 e. The van der Waals surface area contributed by atoms with Crippen molar-refractivity contribution in [2.24, 2.45) is 0 Å². The maximum absolute atomic E-state index is 11.2. The zero-order valence-electron chi connectivity index (χ0n) is 15.8. The van der Waals surface area contributed by atoms with Crippen LogP contribution in [-0.4, -0.2) is 30.0 Å². The number of hydrogen-bond donors (Lipinski definition) is 2. The molecular weight excluding hydrogens is 362 g/mol. The SMILES string of the molecule is COc1ccc(C2NC(C(=O)O)CS2)cc1COc1ccc(C(C)C)cc1. The summed E-state index contributed by atoms with van der Waals surface area (Å²) in [6.07, 6.45) is 0. The van der Waals surface area contributed by atoms with Gasteiger partial charge < -0.3 is 14.6 Å². The van der Waals surface area contributed by atoms with Crippen LogP contribution in [0.5, 0.6) is 11.5 Å². The summed E-state index contributed by atoms with van der Waals surface area (Å²) in [5.74, 6) is 1.80. The van der Waals surface area contributed by atoms with E-state index in [2.05, 4.69) is 31.3 Å². The molecule has 0 spiro atoms. The molecule has 2 unspecified atom stereocenters. The van der Waals surface area contributed by atoms with Gasteiger partial charge in [0.1, 0.15) is 24.1 Å². The number of hydrogen-bond acceptors (Lipinski definition) is 5. The lowest BCUT2D eigenvalue weighted by Gasteiger charge is -2.16. The first kappa shape index (κ1) is 19.6. The summed E-state index contributed by atoms with van der Waals surface area (Å²) in [4.78, 5) is 11.2. The summed E-state index contributed by atoms with van der Waals surface area (Å²) in [5, 5.41) is 12.3. The van der Waals surface area contributed by atoms with E-state index >= 15 is 0 Å². The molecule has 27 heavy (non-hydrogen) atoms. The Morgan fingerprint density at radius 3 is 2.59 bits per heavy atom. The number of benzene rings is 2. The second-order valence-corrected chi connectivity index (χ2v) is 7.99. The molecule has 1 aliphatic rings. The van der Waals surface area contributed by atoms with Gasteiger partial charge in [-0.2, -0.15) is 0 Å². The average molecular weight is 388 g/mol. The highest BCUT2D eigenvalue weighted by Crippen LogP contribution is 2.35. The lowest BCUT2D eigenvalue weighted by molar-refractivity contribution is -0.138. The first-order chi connectivity index (χ1) is 13.0. The van der Waals surface area contributed by atoms with Crippen LogP contribution < -0.4 is 14.8 Å². The van der Waals surface area contributed by atoms with Crippen LogP contribution in [0.2, 0.25) is 0 Å². The van der Waals surface area contributed by atoms with Crippen LogP contribution >= 0.6 is 11.8 Å². The first-order valence-electron chi connectivity index (χ1n) is 8.98. The number of ether oxygens (including phenoxy) is 2. The molecule has 3 rings (SSSR count). The maximum atomic E-state index is 11.2. The first-order valence-corrected chi connectivity index (χ1v) is 10.0. The monoisotopic (exact) mass is 387 g/mol. The van der Waals surface area contributed by atoms with E-state index in [1.807, 2.05) is 30.3 Å². The Morgan fingerprint density at radius 1 is 1.26 bits per heavy atom. The third-order valence-electron chi connectivity index (χ3n) is 4.63. The predicted octanol–water partition coefficient (Wildman–Crippen LogP) is 4.19. The highest BCUT2D eigenvalue weighted by molar-refractivity contribution is 7.99. The topological polar surface area (TPSA) is 67.8 Å². The minimum Gasteiger partial charge on any atom is -0.496 e. The van der Waals surface area contributed by atoms with E-state index in [0.717, 1.165) is 22.6 Å². The molecular formula is C21H25NO4S. The van der Waals surface area contributed by atoms with Gasteiger partial charge in [0, 0.05) is 11.3 Å². The normalized spacial score (nSPS) is 19.3. The molecule has 1 fully saturated rings. The third kappa shape index (κ3) is 4.76. The van der Waals surface area contributed by atoms with Crippen LogP contribution in [0.15, 0.2) is 42.5 Å². The smallest absolute Gasteiger partial charge is 0.321 e. The van der Waals surface area contributed by atoms with Crippen molar-refractivity contribution in [3.63, 3.8) is 0 Å². The minimum absolute atomic E-state index is 0.0407. The summed E-state index contributed by atoms with van der Waals surface area (Å²) in [6, 6.07) is 13.5. The molecule has 0 bridgehead atoms. The zero-order valence-corrected chi connectivity index (χ0v) is 16.6. The Kier molecular flexibility index (Phi) is 6.29. The van der Waals surface area contributed by atoms with Crippen molar-refractivity contribution >= 4 is 17.7 Å². The van der Waals surface area contributed by atoms with Crippen LogP contribution in [0.3, 0.4) is 0 Å². The van der Waals surface area contributed by atoms with Gasteiger partial charge in [0.2, 0.25) is 0 Å². The van der Waals surface area contributed by atoms with Crippen molar-refractivity contribution < 1.29 is 19.4 Å². The van der Waals surface area contributed by atoms with E-state index in [9.17, 15) is 4.79 Å². The maximum Gasteiger partial charge on any atom is 0.321 e. The summed E-state index contributed by atoms with van der Waals surface area (Å²) in [6.45, 7) is 4.71. The lowest BCUT2D eigenvalue weighted by atomic mass is 10.0. The van der Waals surface area contributed by atoms with Crippen molar-refractivity contribution in [2.45, 2.75) is 37.8 Å². The number of thioether (sulfide) groups is 1. The Morgan fingerprint density at radius 2 is 2.00 bits per heavy atom. The molecule has 1 heterocycles. The van der Waals surface area contributed by atoms with Gasteiger partial charge in [0.15, 0.2) is 0 Å². The van der Waals surface area contributed by atoms with Gasteiger partial charge >= 0.3 is 5.97 Å². The van der Waals surface area contributed by atoms with Crippen molar-refractivity contribution in [2.75, 3.05) is 12.9 Å². The second-order valence-electron chi connectivity index (χ2n) is 6.85. The molecule has 1 aliphatic heterocycles. The summed E-state index contributed by atoms with van der Waals surface area (Å²) in [7, 11) is 1.64. The van der Waals surface area contributed by atoms with Crippen LogP contribution in [0, 0.1) is 0 Å². The van der Waals surface area contributed by atoms with Crippen molar-refractivity contribution in [3.05, 3.63) is 59.2 Å². The molecule has 2 aromatic rings. The van der Waals surface area contributed by atoms with E-state index in [1.54, 1.807) is 18.9 Å². The third-order valence-corrected chi connectivity index (χ3v) is 5.90. The van der Waals surface area contributed by atoms with Crippen LogP contribution in [0.25, 0.3) is 0 Å². The van der Waals surface area contributed by atoms with Crippen LogP contribution in [0.1, 0.15) is 41.8 Å². The number of carboxylic acids is 1. The molecule has 2 aromatic carbocycles. The molecule has 144 valence electrons. The van der Waals surface area contributed by atoms with Crippen LogP contribution in [-0.2, 0) is 11.4 Å². The van der Waals surface area contributed by atoms with Gasteiger partial charge in [-0.3, -0.25) is 10.1 Å². The lowest BCUT2D eigenvalue weighted by Crippen LogP contribution is -2.33. The second kappa shape index (κ2) is 8.67. The molecule has 0 aromatic heterocycles.